The Hall–Kier alpha value is -3.14. The summed E-state index contributed by atoms with van der Waals surface area (Å²) < 4.78 is 54.3. The van der Waals surface area contributed by atoms with E-state index in [1.54, 1.807) is 14.0 Å². The first-order valence-electron chi connectivity index (χ1n) is 17.5. The average Bonchev–Trinajstić information content (AvgIpc) is 3.45. The second-order valence-corrected chi connectivity index (χ2v) is 11.2. The van der Waals surface area contributed by atoms with E-state index >= 15 is 0 Å². The molecule has 0 unspecified atom stereocenters. The van der Waals surface area contributed by atoms with Crippen LogP contribution < -0.4 is 0 Å². The fourth-order valence-corrected chi connectivity index (χ4v) is 5.03. The highest BCUT2D eigenvalue weighted by Crippen LogP contribution is 2.44. The first-order valence-corrected chi connectivity index (χ1v) is 17.5. The third-order valence-corrected chi connectivity index (χ3v) is 7.58. The van der Waals surface area contributed by atoms with Crippen LogP contribution in [0.4, 0.5) is 4.79 Å². The lowest BCUT2D eigenvalue weighted by molar-refractivity contribution is -0.144. The van der Waals surface area contributed by atoms with Crippen LogP contribution in [0.3, 0.4) is 0 Å². The Morgan fingerprint density at radius 3 is 1.34 bits per heavy atom. The maximum Gasteiger partial charge on any atom is 0.409 e. The van der Waals surface area contributed by atoms with E-state index in [9.17, 15) is 9.59 Å². The molecule has 13 heteroatoms. The highest BCUT2D eigenvalue weighted by atomic mass is 16.6. The molecule has 0 saturated heterocycles. The van der Waals surface area contributed by atoms with Crippen LogP contribution in [0.25, 0.3) is 11.1 Å². The van der Waals surface area contributed by atoms with Crippen molar-refractivity contribution in [3.63, 3.8) is 0 Å². The minimum absolute atomic E-state index is 0.0372. The van der Waals surface area contributed by atoms with Crippen molar-refractivity contribution < 1.29 is 57.0 Å². The van der Waals surface area contributed by atoms with Crippen LogP contribution in [0, 0.1) is 0 Å². The number of ether oxygens (including phenoxy) is 10. The van der Waals surface area contributed by atoms with Gasteiger partial charge in [0.15, 0.2) is 0 Å². The van der Waals surface area contributed by atoms with Crippen molar-refractivity contribution in [1.82, 2.24) is 4.90 Å². The van der Waals surface area contributed by atoms with Gasteiger partial charge in [-0.1, -0.05) is 48.5 Å². The Balaban J connectivity index is 1.01. The van der Waals surface area contributed by atoms with Crippen molar-refractivity contribution in [3.05, 3.63) is 59.7 Å². The predicted molar refractivity (Wildman–Crippen MR) is 186 cm³/mol. The Kier molecular flexibility index (Phi) is 22.0. The molecule has 0 atom stereocenters. The lowest BCUT2D eigenvalue weighted by atomic mass is 9.98. The van der Waals surface area contributed by atoms with E-state index in [1.165, 1.54) is 27.2 Å². The quantitative estimate of drug-likeness (QED) is 0.0862. The molecule has 1 aliphatic carbocycles. The molecule has 3 rings (SSSR count). The molecule has 50 heavy (non-hydrogen) atoms. The van der Waals surface area contributed by atoms with E-state index in [-0.39, 0.29) is 24.4 Å². The molecule has 0 bridgehead atoms. The smallest absolute Gasteiger partial charge is 0.409 e. The molecule has 1 aliphatic rings. The number of rotatable bonds is 30. The fraction of sp³-hybridized carbons (Fsp3) is 0.622. The summed E-state index contributed by atoms with van der Waals surface area (Å²) in [4.78, 5) is 25.3. The van der Waals surface area contributed by atoms with Gasteiger partial charge in [-0.15, -0.1) is 0 Å². The maximum atomic E-state index is 12.6. The summed E-state index contributed by atoms with van der Waals surface area (Å²) in [6.45, 7) is 10.1. The molecule has 2 aromatic carbocycles. The number of amides is 1. The summed E-state index contributed by atoms with van der Waals surface area (Å²) in [7, 11) is 1.71. The SMILES string of the molecule is CCOC(=O)CCOCCOCCOCCOCCOCCOCCOCCOCCN(C)C(=O)OCC1c2ccccc2-c2ccccc21. The zero-order chi connectivity index (χ0) is 35.5. The number of esters is 1. The van der Waals surface area contributed by atoms with E-state index in [0.717, 1.165) is 0 Å². The number of likely N-dealkylation sites (N-methyl/N-ethyl adjacent to an activating group) is 1. The molecule has 280 valence electrons. The van der Waals surface area contributed by atoms with Gasteiger partial charge in [0.25, 0.3) is 0 Å². The van der Waals surface area contributed by atoms with Crippen molar-refractivity contribution in [1.29, 1.82) is 0 Å². The highest BCUT2D eigenvalue weighted by molar-refractivity contribution is 5.79. The number of carbonyl (C=O) groups excluding carboxylic acids is 2. The normalized spacial score (nSPS) is 12.1. The fourth-order valence-electron chi connectivity index (χ4n) is 5.03. The minimum atomic E-state index is -0.367. The first kappa shape index (κ1) is 41.3. The molecule has 13 nitrogen and oxygen atoms in total. The number of nitrogens with zero attached hydrogens (tertiary/aromatic N) is 1. The molecule has 0 heterocycles. The van der Waals surface area contributed by atoms with Gasteiger partial charge in [0.05, 0.1) is 119 Å². The zero-order valence-corrected chi connectivity index (χ0v) is 29.7. The molecule has 0 fully saturated rings. The van der Waals surface area contributed by atoms with Crippen molar-refractivity contribution in [3.8, 4) is 11.1 Å². The predicted octanol–water partition coefficient (Wildman–Crippen LogP) is 3.95. The zero-order valence-electron chi connectivity index (χ0n) is 29.7. The summed E-state index contributed by atoms with van der Waals surface area (Å²) in [5, 5.41) is 0. The van der Waals surface area contributed by atoms with Crippen LogP contribution in [-0.4, -0.2) is 149 Å². The van der Waals surface area contributed by atoms with E-state index in [1.807, 2.05) is 24.3 Å². The minimum Gasteiger partial charge on any atom is -0.466 e. The number of benzene rings is 2. The molecular weight excluding hydrogens is 650 g/mol. The van der Waals surface area contributed by atoms with Gasteiger partial charge >= 0.3 is 12.1 Å². The Labute approximate surface area is 296 Å². The van der Waals surface area contributed by atoms with E-state index in [2.05, 4.69) is 24.3 Å². The van der Waals surface area contributed by atoms with E-state index < -0.39 is 0 Å². The highest BCUT2D eigenvalue weighted by Gasteiger charge is 2.29. The maximum absolute atomic E-state index is 12.6. The van der Waals surface area contributed by atoms with Crippen molar-refractivity contribution in [2.75, 3.05) is 133 Å². The van der Waals surface area contributed by atoms with Crippen molar-refractivity contribution in [2.45, 2.75) is 19.3 Å². The largest absolute Gasteiger partial charge is 0.466 e. The number of hydrogen-bond donors (Lipinski definition) is 0. The number of carbonyl (C=O) groups is 2. The summed E-state index contributed by atoms with van der Waals surface area (Å²) in [6, 6.07) is 16.6. The van der Waals surface area contributed by atoms with Crippen LogP contribution >= 0.6 is 0 Å². The van der Waals surface area contributed by atoms with Gasteiger partial charge < -0.3 is 52.3 Å². The van der Waals surface area contributed by atoms with Crippen LogP contribution in [0.1, 0.15) is 30.4 Å². The van der Waals surface area contributed by atoms with Gasteiger partial charge in [-0.25, -0.2) is 4.79 Å². The average molecular weight is 706 g/mol. The Bertz CT molecular complexity index is 1150. The molecule has 0 spiro atoms. The van der Waals surface area contributed by atoms with Crippen molar-refractivity contribution >= 4 is 12.1 Å². The number of hydrogen-bond acceptors (Lipinski definition) is 12. The molecule has 0 aromatic heterocycles. The van der Waals surface area contributed by atoms with Gasteiger partial charge in [0.1, 0.15) is 6.61 Å². The molecular formula is C37H55NO12. The van der Waals surface area contributed by atoms with Crippen LogP contribution in [0.2, 0.25) is 0 Å². The monoisotopic (exact) mass is 705 g/mol. The van der Waals surface area contributed by atoms with Crippen LogP contribution in [0.15, 0.2) is 48.5 Å². The summed E-state index contributed by atoms with van der Waals surface area (Å²) in [5.41, 5.74) is 4.79. The number of fused-ring (bicyclic) bond motifs is 3. The van der Waals surface area contributed by atoms with Gasteiger partial charge in [-0.3, -0.25) is 4.79 Å². The molecule has 1 amide bonds. The van der Waals surface area contributed by atoms with Crippen LogP contribution in [-0.2, 0) is 52.2 Å². The summed E-state index contributed by atoms with van der Waals surface area (Å²) in [6.07, 6.45) is -0.116. The van der Waals surface area contributed by atoms with Gasteiger partial charge in [-0.2, -0.15) is 0 Å². The summed E-state index contributed by atoms with van der Waals surface area (Å²) >= 11 is 0. The van der Waals surface area contributed by atoms with Crippen LogP contribution in [0.5, 0.6) is 0 Å². The molecule has 0 saturated carbocycles. The second kappa shape index (κ2) is 26.6. The Morgan fingerprint density at radius 2 is 0.920 bits per heavy atom. The second-order valence-electron chi connectivity index (χ2n) is 11.2. The molecule has 2 aromatic rings. The lowest BCUT2D eigenvalue weighted by Crippen LogP contribution is -2.32. The van der Waals surface area contributed by atoms with E-state index in [0.29, 0.717) is 125 Å². The topological polar surface area (TPSA) is 130 Å². The first-order chi connectivity index (χ1) is 24.6. The Morgan fingerprint density at radius 1 is 0.540 bits per heavy atom. The van der Waals surface area contributed by atoms with Gasteiger partial charge in [0.2, 0.25) is 0 Å². The van der Waals surface area contributed by atoms with E-state index in [4.69, 9.17) is 47.4 Å². The van der Waals surface area contributed by atoms with Crippen molar-refractivity contribution in [2.24, 2.45) is 0 Å². The molecule has 0 aliphatic heterocycles. The molecule has 0 radical (unpaired) electrons. The third kappa shape index (κ3) is 16.7. The van der Waals surface area contributed by atoms with Gasteiger partial charge in [-0.05, 0) is 29.2 Å². The third-order valence-electron chi connectivity index (χ3n) is 7.58. The lowest BCUT2D eigenvalue weighted by Gasteiger charge is -2.19. The van der Waals surface area contributed by atoms with Gasteiger partial charge in [0, 0.05) is 19.5 Å². The summed E-state index contributed by atoms with van der Waals surface area (Å²) in [5.74, 6) is -0.217. The standard InChI is InChI=1S/C37H55NO12/c1-3-49-36(39)12-14-41-16-18-43-20-22-45-24-26-47-28-29-48-27-25-46-23-21-44-19-17-42-15-13-38(2)37(40)50-30-35-33-10-6-4-8-31(33)32-9-5-7-11-34(32)35/h4-11,35H,3,12-30H2,1-2H3. The molecule has 0 N–H and O–H groups in total.